The SMILES string of the molecule is CCOCC(NC(=O)CCCCC(=O)O)C(C)C. The van der Waals surface area contributed by atoms with Crippen LogP contribution in [0.2, 0.25) is 0 Å². The van der Waals surface area contributed by atoms with Crippen molar-refractivity contribution in [1.82, 2.24) is 5.32 Å². The van der Waals surface area contributed by atoms with E-state index in [1.54, 1.807) is 0 Å². The smallest absolute Gasteiger partial charge is 0.303 e. The lowest BCUT2D eigenvalue weighted by Crippen LogP contribution is -2.41. The molecule has 0 aromatic heterocycles. The minimum Gasteiger partial charge on any atom is -0.481 e. The number of carboxylic acids is 1. The first-order chi connectivity index (χ1) is 8.47. The fourth-order valence-electron chi connectivity index (χ4n) is 1.49. The van der Waals surface area contributed by atoms with E-state index in [1.165, 1.54) is 0 Å². The Labute approximate surface area is 109 Å². The van der Waals surface area contributed by atoms with Gasteiger partial charge in [-0.2, -0.15) is 0 Å². The van der Waals surface area contributed by atoms with Crippen LogP contribution in [0, 0.1) is 5.92 Å². The Hall–Kier alpha value is -1.10. The van der Waals surface area contributed by atoms with Gasteiger partial charge in [0.2, 0.25) is 5.91 Å². The fourth-order valence-corrected chi connectivity index (χ4v) is 1.49. The predicted molar refractivity (Wildman–Crippen MR) is 69.4 cm³/mol. The lowest BCUT2D eigenvalue weighted by molar-refractivity contribution is -0.137. The number of nitrogens with one attached hydrogen (secondary N) is 1. The molecule has 0 fully saturated rings. The van der Waals surface area contributed by atoms with Gasteiger partial charge in [-0.05, 0) is 25.7 Å². The van der Waals surface area contributed by atoms with Crippen molar-refractivity contribution in [3.63, 3.8) is 0 Å². The van der Waals surface area contributed by atoms with Crippen LogP contribution in [0.1, 0.15) is 46.5 Å². The summed E-state index contributed by atoms with van der Waals surface area (Å²) in [6.07, 6.45) is 1.65. The van der Waals surface area contributed by atoms with Gasteiger partial charge in [-0.3, -0.25) is 9.59 Å². The first kappa shape index (κ1) is 16.9. The first-order valence-electron chi connectivity index (χ1n) is 6.56. The van der Waals surface area contributed by atoms with E-state index in [9.17, 15) is 9.59 Å². The summed E-state index contributed by atoms with van der Waals surface area (Å²) in [5, 5.41) is 11.4. The molecule has 0 heterocycles. The Morgan fingerprint density at radius 1 is 1.22 bits per heavy atom. The summed E-state index contributed by atoms with van der Waals surface area (Å²) in [5.74, 6) is -0.523. The summed E-state index contributed by atoms with van der Waals surface area (Å²) in [6, 6.07) is 0.0249. The van der Waals surface area contributed by atoms with E-state index in [-0.39, 0.29) is 18.4 Å². The van der Waals surface area contributed by atoms with Crippen molar-refractivity contribution in [2.24, 2.45) is 5.92 Å². The normalized spacial score (nSPS) is 12.4. The molecular formula is C13H25NO4. The van der Waals surface area contributed by atoms with Crippen molar-refractivity contribution in [3.05, 3.63) is 0 Å². The molecular weight excluding hydrogens is 234 g/mol. The van der Waals surface area contributed by atoms with Crippen LogP contribution in [-0.4, -0.2) is 36.2 Å². The molecule has 0 aliphatic rings. The molecule has 0 rings (SSSR count). The number of amides is 1. The molecule has 2 N–H and O–H groups in total. The number of aliphatic carboxylic acids is 1. The summed E-state index contributed by atoms with van der Waals surface area (Å²) in [4.78, 5) is 22.0. The average Bonchev–Trinajstić information content (AvgIpc) is 2.29. The van der Waals surface area contributed by atoms with Crippen LogP contribution in [0.25, 0.3) is 0 Å². The van der Waals surface area contributed by atoms with Gasteiger partial charge in [-0.25, -0.2) is 0 Å². The van der Waals surface area contributed by atoms with E-state index < -0.39 is 5.97 Å². The van der Waals surface area contributed by atoms with Crippen molar-refractivity contribution in [2.75, 3.05) is 13.2 Å². The van der Waals surface area contributed by atoms with E-state index >= 15 is 0 Å². The van der Waals surface area contributed by atoms with Crippen molar-refractivity contribution < 1.29 is 19.4 Å². The largest absolute Gasteiger partial charge is 0.481 e. The number of carbonyl (C=O) groups is 2. The topological polar surface area (TPSA) is 75.6 Å². The number of ether oxygens (including phenoxy) is 1. The molecule has 5 heteroatoms. The van der Waals surface area contributed by atoms with Crippen LogP contribution in [0.3, 0.4) is 0 Å². The molecule has 0 saturated heterocycles. The van der Waals surface area contributed by atoms with Crippen LogP contribution in [0.4, 0.5) is 0 Å². The maximum atomic E-state index is 11.7. The molecule has 5 nitrogen and oxygen atoms in total. The highest BCUT2D eigenvalue weighted by atomic mass is 16.5. The molecule has 0 aromatic rings. The Bertz CT molecular complexity index is 253. The lowest BCUT2D eigenvalue weighted by Gasteiger charge is -2.22. The second kappa shape index (κ2) is 9.88. The predicted octanol–water partition coefficient (Wildman–Crippen LogP) is 1.81. The van der Waals surface area contributed by atoms with Gasteiger partial charge in [0.1, 0.15) is 0 Å². The van der Waals surface area contributed by atoms with E-state index in [0.717, 1.165) is 0 Å². The van der Waals surface area contributed by atoms with Gasteiger partial charge < -0.3 is 15.2 Å². The van der Waals surface area contributed by atoms with Crippen LogP contribution in [0.15, 0.2) is 0 Å². The highest BCUT2D eigenvalue weighted by Crippen LogP contribution is 2.05. The maximum absolute atomic E-state index is 11.7. The second-order valence-corrected chi connectivity index (χ2v) is 4.68. The first-order valence-corrected chi connectivity index (χ1v) is 6.56. The summed E-state index contributed by atoms with van der Waals surface area (Å²) in [7, 11) is 0. The van der Waals surface area contributed by atoms with E-state index in [4.69, 9.17) is 9.84 Å². The maximum Gasteiger partial charge on any atom is 0.303 e. The Balaban J connectivity index is 3.84. The molecule has 0 bridgehead atoms. The average molecular weight is 259 g/mol. The molecule has 0 radical (unpaired) electrons. The van der Waals surface area contributed by atoms with Gasteiger partial charge in [-0.1, -0.05) is 13.8 Å². The minimum absolute atomic E-state index is 0.0249. The standard InChI is InChI=1S/C13H25NO4/c1-4-18-9-11(10(2)3)14-12(15)7-5-6-8-13(16)17/h10-11H,4-9H2,1-3H3,(H,14,15)(H,16,17). The lowest BCUT2D eigenvalue weighted by atomic mass is 10.0. The van der Waals surface area contributed by atoms with Crippen LogP contribution in [-0.2, 0) is 14.3 Å². The fraction of sp³-hybridized carbons (Fsp3) is 0.846. The van der Waals surface area contributed by atoms with Crippen molar-refractivity contribution in [2.45, 2.75) is 52.5 Å². The molecule has 0 saturated carbocycles. The number of hydrogen-bond donors (Lipinski definition) is 2. The van der Waals surface area contributed by atoms with E-state index in [2.05, 4.69) is 5.32 Å². The summed E-state index contributed by atoms with van der Waals surface area (Å²) in [6.45, 7) is 7.15. The number of hydrogen-bond acceptors (Lipinski definition) is 3. The molecule has 1 amide bonds. The summed E-state index contributed by atoms with van der Waals surface area (Å²) in [5.41, 5.74) is 0. The van der Waals surface area contributed by atoms with E-state index in [0.29, 0.717) is 38.4 Å². The molecule has 1 unspecified atom stereocenters. The molecule has 106 valence electrons. The third-order valence-electron chi connectivity index (χ3n) is 2.70. The van der Waals surface area contributed by atoms with Crippen molar-refractivity contribution in [1.29, 1.82) is 0 Å². The third kappa shape index (κ3) is 8.98. The van der Waals surface area contributed by atoms with Gasteiger partial charge >= 0.3 is 5.97 Å². The van der Waals surface area contributed by atoms with Gasteiger partial charge in [0.05, 0.1) is 12.6 Å². The summed E-state index contributed by atoms with van der Waals surface area (Å²) < 4.78 is 5.32. The van der Waals surface area contributed by atoms with Gasteiger partial charge in [0.25, 0.3) is 0 Å². The van der Waals surface area contributed by atoms with Crippen LogP contribution in [0.5, 0.6) is 0 Å². The molecule has 0 aliphatic heterocycles. The number of unbranched alkanes of at least 4 members (excludes halogenated alkanes) is 1. The summed E-state index contributed by atoms with van der Waals surface area (Å²) >= 11 is 0. The van der Waals surface area contributed by atoms with Crippen molar-refractivity contribution in [3.8, 4) is 0 Å². The zero-order valence-corrected chi connectivity index (χ0v) is 11.6. The third-order valence-corrected chi connectivity index (χ3v) is 2.70. The zero-order chi connectivity index (χ0) is 14.0. The molecule has 18 heavy (non-hydrogen) atoms. The molecule has 1 atom stereocenters. The zero-order valence-electron chi connectivity index (χ0n) is 11.6. The van der Waals surface area contributed by atoms with Crippen LogP contribution < -0.4 is 5.32 Å². The monoisotopic (exact) mass is 259 g/mol. The van der Waals surface area contributed by atoms with Gasteiger partial charge in [0.15, 0.2) is 0 Å². The number of rotatable bonds is 10. The molecule has 0 aliphatic carbocycles. The highest BCUT2D eigenvalue weighted by Gasteiger charge is 2.15. The molecule has 0 aromatic carbocycles. The molecule has 0 spiro atoms. The van der Waals surface area contributed by atoms with Gasteiger partial charge in [-0.15, -0.1) is 0 Å². The van der Waals surface area contributed by atoms with Crippen LogP contribution >= 0.6 is 0 Å². The quantitative estimate of drug-likeness (QED) is 0.587. The van der Waals surface area contributed by atoms with Crippen molar-refractivity contribution >= 4 is 11.9 Å². The van der Waals surface area contributed by atoms with Gasteiger partial charge in [0, 0.05) is 19.4 Å². The Morgan fingerprint density at radius 3 is 2.33 bits per heavy atom. The van der Waals surface area contributed by atoms with E-state index in [1.807, 2.05) is 20.8 Å². The number of carboxylic acid groups (broad SMARTS) is 1. The Kier molecular flexibility index (Phi) is 9.28. The minimum atomic E-state index is -0.813. The Morgan fingerprint density at radius 2 is 1.83 bits per heavy atom. The second-order valence-electron chi connectivity index (χ2n) is 4.68. The highest BCUT2D eigenvalue weighted by molar-refractivity contribution is 5.76. The number of carbonyl (C=O) groups excluding carboxylic acids is 1.